The largest absolute Gasteiger partial charge is 0.483 e. The maximum absolute atomic E-state index is 13.4. The van der Waals surface area contributed by atoms with Crippen molar-refractivity contribution in [3.05, 3.63) is 35.8 Å². The van der Waals surface area contributed by atoms with E-state index < -0.39 is 0 Å². The Morgan fingerprint density at radius 3 is 2.55 bits per heavy atom. The quantitative estimate of drug-likeness (QED) is 0.766. The molecule has 1 saturated heterocycles. The highest BCUT2D eigenvalue weighted by Crippen LogP contribution is 2.39. The van der Waals surface area contributed by atoms with Crippen LogP contribution in [0.1, 0.15) is 23.3 Å². The van der Waals surface area contributed by atoms with Crippen LogP contribution in [0.4, 0.5) is 4.39 Å². The highest BCUT2D eigenvalue weighted by molar-refractivity contribution is 5.98. The van der Waals surface area contributed by atoms with E-state index in [2.05, 4.69) is 24.0 Å². The molecule has 2 fully saturated rings. The maximum atomic E-state index is 13.4. The number of methoxy groups -OCH3 is 1. The summed E-state index contributed by atoms with van der Waals surface area (Å²) in [5.41, 5.74) is 1.33. The summed E-state index contributed by atoms with van der Waals surface area (Å²) >= 11 is 0. The molecule has 158 valence electrons. The van der Waals surface area contributed by atoms with Gasteiger partial charge in [0.05, 0.1) is 6.10 Å². The number of halogens is 1. The summed E-state index contributed by atoms with van der Waals surface area (Å²) in [6.45, 7) is 1.31. The second-order valence-corrected chi connectivity index (χ2v) is 8.03. The third kappa shape index (κ3) is 4.43. The number of carboxylic acid groups (broad SMARTS) is 1. The lowest BCUT2D eigenvalue weighted by atomic mass is 9.77. The van der Waals surface area contributed by atoms with E-state index in [0.717, 1.165) is 36.8 Å². The van der Waals surface area contributed by atoms with Gasteiger partial charge in [0.2, 0.25) is 0 Å². The van der Waals surface area contributed by atoms with Gasteiger partial charge >= 0.3 is 0 Å². The number of carbonyl (C=O) groups excluding carboxylic acids is 1. The van der Waals surface area contributed by atoms with E-state index in [9.17, 15) is 9.18 Å². The molecule has 4 rings (SSSR count). The van der Waals surface area contributed by atoms with Crippen molar-refractivity contribution in [2.24, 2.45) is 11.8 Å². The predicted octanol–water partition coefficient (Wildman–Crippen LogP) is 2.44. The van der Waals surface area contributed by atoms with Crippen molar-refractivity contribution in [3.8, 4) is 0 Å². The molecule has 0 radical (unpaired) electrons. The van der Waals surface area contributed by atoms with Crippen molar-refractivity contribution < 1.29 is 23.8 Å². The van der Waals surface area contributed by atoms with Crippen LogP contribution >= 0.6 is 0 Å². The number of carbonyl (C=O) groups is 2. The smallest absolute Gasteiger partial charge is 0.290 e. The van der Waals surface area contributed by atoms with Gasteiger partial charge in [0, 0.05) is 37.1 Å². The van der Waals surface area contributed by atoms with Gasteiger partial charge in [-0.05, 0) is 63.0 Å². The Kier molecular flexibility index (Phi) is 6.54. The van der Waals surface area contributed by atoms with Gasteiger partial charge in [-0.25, -0.2) is 4.39 Å². The summed E-state index contributed by atoms with van der Waals surface area (Å²) in [6.07, 6.45) is 2.26. The molecule has 1 aromatic heterocycles. The molecule has 1 aromatic carbocycles. The Morgan fingerprint density at radius 2 is 1.93 bits per heavy atom. The summed E-state index contributed by atoms with van der Waals surface area (Å²) in [5, 5.41) is 7.62. The van der Waals surface area contributed by atoms with Gasteiger partial charge in [-0.3, -0.25) is 9.59 Å². The molecular formula is C21H28FN3O4. The van der Waals surface area contributed by atoms with Gasteiger partial charge in [-0.15, -0.1) is 0 Å². The van der Waals surface area contributed by atoms with Crippen LogP contribution in [-0.4, -0.2) is 78.7 Å². The maximum Gasteiger partial charge on any atom is 0.290 e. The van der Waals surface area contributed by atoms with Crippen LogP contribution in [0, 0.1) is 17.7 Å². The Hall–Kier alpha value is -2.45. The molecule has 2 heterocycles. The van der Waals surface area contributed by atoms with Crippen molar-refractivity contribution >= 4 is 23.3 Å². The molecule has 1 amide bonds. The molecule has 2 aliphatic rings. The average Bonchev–Trinajstić information content (AvgIpc) is 3.29. The second kappa shape index (κ2) is 8.92. The minimum absolute atomic E-state index is 0.00591. The van der Waals surface area contributed by atoms with Gasteiger partial charge in [-0.2, -0.15) is 0 Å². The highest BCUT2D eigenvalue weighted by Gasteiger charge is 2.44. The number of likely N-dealkylation sites (tertiary alicyclic amines) is 1. The number of nitrogens with zero attached hydrogens (tertiary/aromatic N) is 2. The summed E-state index contributed by atoms with van der Waals surface area (Å²) in [7, 11) is 5.97. The van der Waals surface area contributed by atoms with Crippen LogP contribution in [0.2, 0.25) is 0 Å². The molecule has 1 aliphatic carbocycles. The molecule has 0 bridgehead atoms. The number of likely N-dealkylation sites (N-methyl/N-ethyl adjacent to an activating group) is 1. The highest BCUT2D eigenvalue weighted by atomic mass is 19.1. The third-order valence-corrected chi connectivity index (χ3v) is 6.15. The van der Waals surface area contributed by atoms with Gasteiger partial charge in [-0.1, -0.05) is 0 Å². The number of benzene rings is 1. The van der Waals surface area contributed by atoms with Crippen LogP contribution < -0.4 is 0 Å². The fourth-order valence-corrected chi connectivity index (χ4v) is 4.74. The molecule has 29 heavy (non-hydrogen) atoms. The van der Waals surface area contributed by atoms with Gasteiger partial charge in [0.1, 0.15) is 11.5 Å². The standard InChI is InChI=1S/C20H26FN3O2.CH2O2/c1-23(2)18-8-13-10-24(11-14(13)9-19(18)26-3)20(25)17-7-12-6-15(21)4-5-16(12)22-17;2-1-3/h4-7,13-14,18-19,22H,8-11H2,1-3H3;1H,(H,2,3)/t13-,14+,18-,19-;/m1./s1. The summed E-state index contributed by atoms with van der Waals surface area (Å²) in [4.78, 5) is 28.7. The van der Waals surface area contributed by atoms with E-state index >= 15 is 0 Å². The van der Waals surface area contributed by atoms with E-state index in [1.54, 1.807) is 19.2 Å². The van der Waals surface area contributed by atoms with E-state index in [0.29, 0.717) is 23.6 Å². The Labute approximate surface area is 169 Å². The van der Waals surface area contributed by atoms with Crippen molar-refractivity contribution in [1.29, 1.82) is 0 Å². The first-order chi connectivity index (χ1) is 13.9. The molecular weight excluding hydrogens is 377 g/mol. The number of hydrogen-bond donors (Lipinski definition) is 2. The monoisotopic (exact) mass is 405 g/mol. The molecule has 0 unspecified atom stereocenters. The van der Waals surface area contributed by atoms with Gasteiger partial charge in [0.15, 0.2) is 0 Å². The van der Waals surface area contributed by atoms with Crippen molar-refractivity contribution in [2.75, 3.05) is 34.3 Å². The van der Waals surface area contributed by atoms with Crippen LogP contribution in [-0.2, 0) is 9.53 Å². The molecule has 4 atom stereocenters. The van der Waals surface area contributed by atoms with Crippen LogP contribution in [0.15, 0.2) is 24.3 Å². The van der Waals surface area contributed by atoms with E-state index in [1.807, 2.05) is 4.90 Å². The lowest BCUT2D eigenvalue weighted by molar-refractivity contribution is -0.122. The number of hydrogen-bond acceptors (Lipinski definition) is 4. The minimum atomic E-state index is -0.289. The third-order valence-electron chi connectivity index (χ3n) is 6.15. The number of aromatic nitrogens is 1. The van der Waals surface area contributed by atoms with Crippen molar-refractivity contribution in [2.45, 2.75) is 25.0 Å². The summed E-state index contributed by atoms with van der Waals surface area (Å²) < 4.78 is 19.1. The first-order valence-electron chi connectivity index (χ1n) is 9.72. The minimum Gasteiger partial charge on any atom is -0.483 e. The van der Waals surface area contributed by atoms with Gasteiger partial charge < -0.3 is 24.6 Å². The number of ether oxygens (including phenoxy) is 1. The van der Waals surface area contributed by atoms with E-state index in [-0.39, 0.29) is 24.3 Å². The number of fused-ring (bicyclic) bond motifs is 2. The predicted molar refractivity (Wildman–Crippen MR) is 107 cm³/mol. The average molecular weight is 405 g/mol. The van der Waals surface area contributed by atoms with Crippen molar-refractivity contribution in [1.82, 2.24) is 14.8 Å². The van der Waals surface area contributed by atoms with Crippen LogP contribution in [0.25, 0.3) is 10.9 Å². The fraction of sp³-hybridized carbons (Fsp3) is 0.524. The molecule has 0 spiro atoms. The zero-order chi connectivity index (χ0) is 21.1. The number of H-pyrrole nitrogens is 1. The first-order valence-corrected chi connectivity index (χ1v) is 9.72. The molecule has 8 heteroatoms. The zero-order valence-corrected chi connectivity index (χ0v) is 17.0. The Morgan fingerprint density at radius 1 is 1.28 bits per heavy atom. The summed E-state index contributed by atoms with van der Waals surface area (Å²) in [6, 6.07) is 6.69. The van der Waals surface area contributed by atoms with E-state index in [4.69, 9.17) is 14.6 Å². The lowest BCUT2D eigenvalue weighted by Gasteiger charge is -2.40. The summed E-state index contributed by atoms with van der Waals surface area (Å²) in [5.74, 6) is 0.718. The van der Waals surface area contributed by atoms with Crippen LogP contribution in [0.5, 0.6) is 0 Å². The Balaban J connectivity index is 0.000000755. The number of aromatic amines is 1. The van der Waals surface area contributed by atoms with Gasteiger partial charge in [0.25, 0.3) is 12.4 Å². The second-order valence-electron chi connectivity index (χ2n) is 8.03. The molecule has 7 nitrogen and oxygen atoms in total. The normalized spacial score (nSPS) is 26.2. The van der Waals surface area contributed by atoms with E-state index in [1.165, 1.54) is 12.1 Å². The first kappa shape index (κ1) is 21.3. The number of nitrogens with one attached hydrogen (secondary N) is 1. The number of rotatable bonds is 3. The topological polar surface area (TPSA) is 85.9 Å². The lowest BCUT2D eigenvalue weighted by Crippen LogP contribution is -2.47. The fourth-order valence-electron chi connectivity index (χ4n) is 4.74. The van der Waals surface area contributed by atoms with Crippen LogP contribution in [0.3, 0.4) is 0 Å². The zero-order valence-electron chi connectivity index (χ0n) is 17.0. The number of amides is 1. The molecule has 1 saturated carbocycles. The molecule has 2 aromatic rings. The Bertz CT molecular complexity index is 869. The molecule has 2 N–H and O–H groups in total. The molecule has 1 aliphatic heterocycles. The van der Waals surface area contributed by atoms with Crippen molar-refractivity contribution in [3.63, 3.8) is 0 Å². The SMILES string of the molecule is CO[C@@H]1C[C@H]2CN(C(=O)c3cc4cc(F)ccc4[nH]3)C[C@H]2C[C@H]1N(C)C.O=CO.